The van der Waals surface area contributed by atoms with E-state index in [1.54, 1.807) is 36.4 Å². The molecule has 0 spiro atoms. The number of carbonyl (C=O) groups excluding carboxylic acids is 2. The maximum Gasteiger partial charge on any atom is 0.255 e. The van der Waals surface area contributed by atoms with Crippen LogP contribution in [0.3, 0.4) is 0 Å². The second kappa shape index (κ2) is 9.05. The van der Waals surface area contributed by atoms with Gasteiger partial charge in [-0.3, -0.25) is 9.59 Å². The molecule has 0 aliphatic heterocycles. The Morgan fingerprint density at radius 2 is 1.58 bits per heavy atom. The largest absolute Gasteiger partial charge is 0.326 e. The normalized spacial score (nSPS) is 10.0. The molecule has 2 rings (SSSR count). The number of benzene rings is 2. The molecule has 2 amide bonds. The highest BCUT2D eigenvalue weighted by atomic mass is 35.5. The summed E-state index contributed by atoms with van der Waals surface area (Å²) >= 11 is 0. The topological polar surface area (TPSA) is 84.2 Å². The Hall–Kier alpha value is -2.37. The summed E-state index contributed by atoms with van der Waals surface area (Å²) in [7, 11) is 0. The molecule has 0 bridgehead atoms. The molecule has 0 aromatic heterocycles. The number of nitrogens with one attached hydrogen (secondary N) is 2. The van der Waals surface area contributed by atoms with Gasteiger partial charge in [0.15, 0.2) is 0 Å². The molecule has 128 valence electrons. The Balaban J connectivity index is 0.00000288. The molecule has 2 aromatic carbocycles. The number of rotatable bonds is 5. The highest BCUT2D eigenvalue weighted by Gasteiger charge is 2.08. The Kier molecular flexibility index (Phi) is 7.42. The maximum absolute atomic E-state index is 12.2. The van der Waals surface area contributed by atoms with Gasteiger partial charge in [0.1, 0.15) is 0 Å². The van der Waals surface area contributed by atoms with Crippen LogP contribution in [0.5, 0.6) is 0 Å². The third-order valence-electron chi connectivity index (χ3n) is 3.36. The molecule has 0 aliphatic carbocycles. The zero-order valence-electron chi connectivity index (χ0n) is 13.7. The van der Waals surface area contributed by atoms with E-state index in [1.807, 2.05) is 26.0 Å². The average molecular weight is 348 g/mol. The molecule has 0 heterocycles. The number of nitrogens with two attached hydrogens (primary N) is 1. The SMILES string of the molecule is CC(C)C(=O)Nc1ccc(NC(=O)c2cccc(CN)c2)cc1.Cl. The van der Waals surface area contributed by atoms with Crippen molar-refractivity contribution in [3.8, 4) is 0 Å². The minimum absolute atomic E-state index is 0. The van der Waals surface area contributed by atoms with Crippen LogP contribution in [0.1, 0.15) is 29.8 Å². The minimum Gasteiger partial charge on any atom is -0.326 e. The van der Waals surface area contributed by atoms with E-state index in [0.29, 0.717) is 23.5 Å². The van der Waals surface area contributed by atoms with E-state index in [1.165, 1.54) is 0 Å². The summed E-state index contributed by atoms with van der Waals surface area (Å²) in [5.41, 5.74) is 8.41. The fraction of sp³-hybridized carbons (Fsp3) is 0.222. The van der Waals surface area contributed by atoms with Gasteiger partial charge in [0.25, 0.3) is 5.91 Å². The van der Waals surface area contributed by atoms with Gasteiger partial charge in [0.2, 0.25) is 5.91 Å². The molecule has 0 saturated heterocycles. The van der Waals surface area contributed by atoms with Crippen LogP contribution in [-0.2, 0) is 11.3 Å². The molecule has 6 heteroatoms. The van der Waals surface area contributed by atoms with Crippen molar-refractivity contribution in [3.05, 3.63) is 59.7 Å². The van der Waals surface area contributed by atoms with Crippen molar-refractivity contribution in [3.63, 3.8) is 0 Å². The standard InChI is InChI=1S/C18H21N3O2.ClH/c1-12(2)17(22)20-15-6-8-16(9-7-15)21-18(23)14-5-3-4-13(10-14)11-19;/h3-10,12H,11,19H2,1-2H3,(H,20,22)(H,21,23);1H. The highest BCUT2D eigenvalue weighted by Crippen LogP contribution is 2.16. The smallest absolute Gasteiger partial charge is 0.255 e. The molecular weight excluding hydrogens is 326 g/mol. The van der Waals surface area contributed by atoms with E-state index in [0.717, 1.165) is 5.56 Å². The molecule has 2 aromatic rings. The molecule has 0 fully saturated rings. The second-order valence-corrected chi connectivity index (χ2v) is 5.58. The van der Waals surface area contributed by atoms with Crippen LogP contribution in [0, 0.1) is 5.92 Å². The molecule has 5 nitrogen and oxygen atoms in total. The van der Waals surface area contributed by atoms with Gasteiger partial charge in [0, 0.05) is 29.4 Å². The van der Waals surface area contributed by atoms with E-state index in [2.05, 4.69) is 10.6 Å². The lowest BCUT2D eigenvalue weighted by molar-refractivity contribution is -0.118. The summed E-state index contributed by atoms with van der Waals surface area (Å²) in [6.07, 6.45) is 0. The molecule has 24 heavy (non-hydrogen) atoms. The lowest BCUT2D eigenvalue weighted by Crippen LogP contribution is -2.17. The number of anilines is 2. The first-order valence-corrected chi connectivity index (χ1v) is 7.51. The van der Waals surface area contributed by atoms with Crippen molar-refractivity contribution in [2.24, 2.45) is 11.7 Å². The molecule has 0 saturated carbocycles. The van der Waals surface area contributed by atoms with Gasteiger partial charge in [-0.15, -0.1) is 12.4 Å². The van der Waals surface area contributed by atoms with Gasteiger partial charge in [-0.05, 0) is 42.0 Å². The van der Waals surface area contributed by atoms with E-state index in [4.69, 9.17) is 5.73 Å². The summed E-state index contributed by atoms with van der Waals surface area (Å²) in [4.78, 5) is 23.8. The lowest BCUT2D eigenvalue weighted by Gasteiger charge is -2.09. The van der Waals surface area contributed by atoms with E-state index >= 15 is 0 Å². The fourth-order valence-electron chi connectivity index (χ4n) is 1.97. The van der Waals surface area contributed by atoms with Crippen molar-refractivity contribution in [2.45, 2.75) is 20.4 Å². The zero-order chi connectivity index (χ0) is 16.8. The Bertz CT molecular complexity index is 700. The van der Waals surface area contributed by atoms with Gasteiger partial charge < -0.3 is 16.4 Å². The van der Waals surface area contributed by atoms with Crippen LogP contribution in [0.15, 0.2) is 48.5 Å². The summed E-state index contributed by atoms with van der Waals surface area (Å²) in [6.45, 7) is 4.06. The first kappa shape index (κ1) is 19.7. The lowest BCUT2D eigenvalue weighted by atomic mass is 10.1. The molecule has 0 atom stereocenters. The Labute approximate surface area is 148 Å². The van der Waals surface area contributed by atoms with Gasteiger partial charge in [-0.2, -0.15) is 0 Å². The number of amides is 2. The second-order valence-electron chi connectivity index (χ2n) is 5.58. The summed E-state index contributed by atoms with van der Waals surface area (Å²) in [5.74, 6) is -0.316. The number of carbonyl (C=O) groups is 2. The molecular formula is C18H22ClN3O2. The monoisotopic (exact) mass is 347 g/mol. The van der Waals surface area contributed by atoms with Crippen LogP contribution < -0.4 is 16.4 Å². The predicted molar refractivity (Wildman–Crippen MR) is 99.4 cm³/mol. The van der Waals surface area contributed by atoms with Crippen LogP contribution >= 0.6 is 12.4 Å². The van der Waals surface area contributed by atoms with E-state index < -0.39 is 0 Å². The number of hydrogen-bond donors (Lipinski definition) is 3. The maximum atomic E-state index is 12.2. The van der Waals surface area contributed by atoms with Crippen molar-refractivity contribution in [1.82, 2.24) is 0 Å². The van der Waals surface area contributed by atoms with E-state index in [-0.39, 0.29) is 30.1 Å². The van der Waals surface area contributed by atoms with Crippen LogP contribution in [0.25, 0.3) is 0 Å². The van der Waals surface area contributed by atoms with Crippen LogP contribution in [0.4, 0.5) is 11.4 Å². The molecule has 4 N–H and O–H groups in total. The minimum atomic E-state index is -0.195. The van der Waals surface area contributed by atoms with Gasteiger partial charge in [-0.25, -0.2) is 0 Å². The van der Waals surface area contributed by atoms with Gasteiger partial charge >= 0.3 is 0 Å². The summed E-state index contributed by atoms with van der Waals surface area (Å²) in [6, 6.07) is 14.2. The highest BCUT2D eigenvalue weighted by molar-refractivity contribution is 6.04. The zero-order valence-corrected chi connectivity index (χ0v) is 14.5. The average Bonchev–Trinajstić information content (AvgIpc) is 2.56. The first-order valence-electron chi connectivity index (χ1n) is 7.51. The Morgan fingerprint density at radius 1 is 1.00 bits per heavy atom. The third-order valence-corrected chi connectivity index (χ3v) is 3.36. The molecule has 0 radical (unpaired) electrons. The van der Waals surface area contributed by atoms with Gasteiger partial charge in [0.05, 0.1) is 0 Å². The van der Waals surface area contributed by atoms with Crippen LogP contribution in [0.2, 0.25) is 0 Å². The first-order chi connectivity index (χ1) is 11.0. The summed E-state index contributed by atoms with van der Waals surface area (Å²) in [5, 5.41) is 5.62. The van der Waals surface area contributed by atoms with Crippen molar-refractivity contribution in [1.29, 1.82) is 0 Å². The van der Waals surface area contributed by atoms with E-state index in [9.17, 15) is 9.59 Å². The van der Waals surface area contributed by atoms with Crippen molar-refractivity contribution >= 4 is 35.6 Å². The molecule has 0 unspecified atom stereocenters. The Morgan fingerprint density at radius 3 is 2.12 bits per heavy atom. The number of halogens is 1. The fourth-order valence-corrected chi connectivity index (χ4v) is 1.97. The van der Waals surface area contributed by atoms with Crippen molar-refractivity contribution < 1.29 is 9.59 Å². The molecule has 0 aliphatic rings. The number of hydrogen-bond acceptors (Lipinski definition) is 3. The van der Waals surface area contributed by atoms with Crippen molar-refractivity contribution in [2.75, 3.05) is 10.6 Å². The summed E-state index contributed by atoms with van der Waals surface area (Å²) < 4.78 is 0. The quantitative estimate of drug-likeness (QED) is 0.774. The van der Waals surface area contributed by atoms with Gasteiger partial charge in [-0.1, -0.05) is 26.0 Å². The van der Waals surface area contributed by atoms with Crippen LogP contribution in [-0.4, -0.2) is 11.8 Å². The predicted octanol–water partition coefficient (Wildman–Crippen LogP) is 3.41. The third kappa shape index (κ3) is 5.37.